The van der Waals surface area contributed by atoms with Gasteiger partial charge in [-0.1, -0.05) is 60.7 Å². The van der Waals surface area contributed by atoms with Crippen LogP contribution in [0, 0.1) is 0 Å². The number of benzene rings is 4. The molecule has 0 bridgehead atoms. The summed E-state index contributed by atoms with van der Waals surface area (Å²) < 4.78 is 4.54. The van der Waals surface area contributed by atoms with Gasteiger partial charge in [-0.25, -0.2) is 0 Å². The van der Waals surface area contributed by atoms with Crippen LogP contribution in [0.2, 0.25) is 0 Å². The maximum Gasteiger partial charge on any atom is 0.266 e. The standard InChI is InChI=1S/C25H13NOS2/c27-25-24-21(23-22(29-24)16-7-3-4-8-18(16)28-23)20-17(26-25)12-11-14-10-9-13-5-1-2-6-15(13)19(14)20/h1-12H,(H,26,27). The average molecular weight is 408 g/mol. The minimum absolute atomic E-state index is 0.00423. The van der Waals surface area contributed by atoms with E-state index in [-0.39, 0.29) is 5.56 Å². The Morgan fingerprint density at radius 1 is 0.586 bits per heavy atom. The molecule has 0 fully saturated rings. The molecule has 1 N–H and O–H groups in total. The highest BCUT2D eigenvalue weighted by molar-refractivity contribution is 7.36. The van der Waals surface area contributed by atoms with Gasteiger partial charge in [-0.3, -0.25) is 4.79 Å². The summed E-state index contributed by atoms with van der Waals surface area (Å²) in [6.45, 7) is 0. The second kappa shape index (κ2) is 5.44. The summed E-state index contributed by atoms with van der Waals surface area (Å²) in [7, 11) is 0. The number of H-pyrrole nitrogens is 1. The maximum atomic E-state index is 13.0. The van der Waals surface area contributed by atoms with Crippen LogP contribution in [0.3, 0.4) is 0 Å². The summed E-state index contributed by atoms with van der Waals surface area (Å²) in [5, 5.41) is 8.37. The quantitative estimate of drug-likeness (QED) is 0.261. The number of aromatic nitrogens is 1. The SMILES string of the molecule is O=c1[nH]c2ccc3ccc4ccccc4c3c2c2c1sc1c3ccccc3sc12. The molecule has 29 heavy (non-hydrogen) atoms. The van der Waals surface area contributed by atoms with Crippen molar-refractivity contribution in [3.05, 3.63) is 83.2 Å². The zero-order chi connectivity index (χ0) is 19.1. The van der Waals surface area contributed by atoms with Crippen LogP contribution < -0.4 is 5.56 Å². The van der Waals surface area contributed by atoms with E-state index in [9.17, 15) is 4.79 Å². The largest absolute Gasteiger partial charge is 0.321 e. The molecule has 2 nitrogen and oxygen atoms in total. The Labute approximate surface area is 172 Å². The molecular weight excluding hydrogens is 394 g/mol. The van der Waals surface area contributed by atoms with Crippen molar-refractivity contribution in [3.63, 3.8) is 0 Å². The van der Waals surface area contributed by atoms with Gasteiger partial charge in [0.15, 0.2) is 0 Å². The van der Waals surface area contributed by atoms with E-state index in [2.05, 4.69) is 71.7 Å². The van der Waals surface area contributed by atoms with Crippen LogP contribution in [0.25, 0.3) is 62.0 Å². The molecule has 0 atom stereocenters. The molecule has 4 heteroatoms. The Balaban J connectivity index is 1.88. The molecule has 3 aromatic heterocycles. The monoisotopic (exact) mass is 407 g/mol. The van der Waals surface area contributed by atoms with Crippen LogP contribution in [0.1, 0.15) is 0 Å². The van der Waals surface area contributed by atoms with Crippen molar-refractivity contribution in [3.8, 4) is 0 Å². The number of pyridine rings is 1. The van der Waals surface area contributed by atoms with Gasteiger partial charge in [0.05, 0.1) is 9.40 Å². The van der Waals surface area contributed by atoms with Crippen molar-refractivity contribution < 1.29 is 0 Å². The Kier molecular flexibility index (Phi) is 2.94. The Morgan fingerprint density at radius 3 is 2.28 bits per heavy atom. The molecule has 0 amide bonds. The van der Waals surface area contributed by atoms with E-state index >= 15 is 0 Å². The molecule has 0 saturated heterocycles. The van der Waals surface area contributed by atoms with Crippen LogP contribution in [-0.4, -0.2) is 4.98 Å². The molecule has 7 rings (SSSR count). The molecular formula is C25H13NOS2. The molecule has 4 aromatic carbocycles. The summed E-state index contributed by atoms with van der Waals surface area (Å²) in [6, 6.07) is 25.5. The Morgan fingerprint density at radius 2 is 1.34 bits per heavy atom. The van der Waals surface area contributed by atoms with Crippen molar-refractivity contribution in [1.29, 1.82) is 0 Å². The zero-order valence-electron chi connectivity index (χ0n) is 15.2. The van der Waals surface area contributed by atoms with Crippen LogP contribution in [0.4, 0.5) is 0 Å². The molecule has 0 unspecified atom stereocenters. The fourth-order valence-corrected chi connectivity index (χ4v) is 7.24. The summed E-state index contributed by atoms with van der Waals surface area (Å²) in [5.74, 6) is 0. The average Bonchev–Trinajstić information content (AvgIpc) is 3.30. The number of fused-ring (bicyclic) bond motifs is 11. The van der Waals surface area contributed by atoms with Gasteiger partial charge in [0.1, 0.15) is 4.70 Å². The second-order valence-electron chi connectivity index (χ2n) is 7.39. The fraction of sp³-hybridized carbons (Fsp3) is 0. The zero-order valence-corrected chi connectivity index (χ0v) is 16.8. The predicted molar refractivity (Wildman–Crippen MR) is 128 cm³/mol. The third-order valence-corrected chi connectivity index (χ3v) is 8.36. The summed E-state index contributed by atoms with van der Waals surface area (Å²) >= 11 is 3.41. The van der Waals surface area contributed by atoms with Gasteiger partial charge in [0.2, 0.25) is 0 Å². The molecule has 0 aliphatic carbocycles. The highest BCUT2D eigenvalue weighted by atomic mass is 32.1. The Hall–Kier alpha value is -3.21. The number of nitrogens with one attached hydrogen (secondary N) is 1. The van der Waals surface area contributed by atoms with E-state index in [1.54, 1.807) is 22.7 Å². The van der Waals surface area contributed by atoms with Gasteiger partial charge in [-0.2, -0.15) is 0 Å². The third kappa shape index (κ3) is 1.97. The first kappa shape index (κ1) is 15.7. The van der Waals surface area contributed by atoms with Crippen molar-refractivity contribution in [2.75, 3.05) is 0 Å². The second-order valence-corrected chi connectivity index (χ2v) is 9.46. The number of hydrogen-bond donors (Lipinski definition) is 1. The van der Waals surface area contributed by atoms with Gasteiger partial charge in [-0.15, -0.1) is 22.7 Å². The number of hydrogen-bond acceptors (Lipinski definition) is 3. The van der Waals surface area contributed by atoms with Gasteiger partial charge in [-0.05, 0) is 33.7 Å². The van der Waals surface area contributed by atoms with E-state index in [1.165, 1.54) is 41.0 Å². The lowest BCUT2D eigenvalue weighted by Crippen LogP contribution is -2.04. The maximum absolute atomic E-state index is 13.0. The molecule has 0 aliphatic rings. The first-order valence-electron chi connectivity index (χ1n) is 9.50. The molecule has 0 aliphatic heterocycles. The predicted octanol–water partition coefficient (Wildman–Crippen LogP) is 7.42. The van der Waals surface area contributed by atoms with Gasteiger partial charge < -0.3 is 4.98 Å². The summed E-state index contributed by atoms with van der Waals surface area (Å²) in [5.41, 5.74) is 0.910. The topological polar surface area (TPSA) is 32.9 Å². The van der Waals surface area contributed by atoms with Gasteiger partial charge >= 0.3 is 0 Å². The van der Waals surface area contributed by atoms with Crippen LogP contribution in [-0.2, 0) is 0 Å². The number of aromatic amines is 1. The molecule has 7 aromatic rings. The first-order valence-corrected chi connectivity index (χ1v) is 11.1. The first-order chi connectivity index (χ1) is 14.3. The molecule has 0 spiro atoms. The minimum atomic E-state index is 0.00423. The highest BCUT2D eigenvalue weighted by Crippen LogP contribution is 2.46. The normalized spacial score (nSPS) is 12.3. The molecule has 0 saturated carbocycles. The van der Waals surface area contributed by atoms with Gasteiger partial charge in [0.25, 0.3) is 5.56 Å². The van der Waals surface area contributed by atoms with Crippen molar-refractivity contribution in [2.45, 2.75) is 0 Å². The van der Waals surface area contributed by atoms with Crippen LogP contribution in [0.5, 0.6) is 0 Å². The van der Waals surface area contributed by atoms with E-state index in [4.69, 9.17) is 0 Å². The third-order valence-electron chi connectivity index (χ3n) is 5.82. The number of thiophene rings is 2. The number of rotatable bonds is 0. The smallest absolute Gasteiger partial charge is 0.266 e. The summed E-state index contributed by atoms with van der Waals surface area (Å²) in [4.78, 5) is 16.1. The van der Waals surface area contributed by atoms with Crippen LogP contribution >= 0.6 is 22.7 Å². The minimum Gasteiger partial charge on any atom is -0.321 e. The van der Waals surface area contributed by atoms with E-state index in [1.807, 2.05) is 6.07 Å². The van der Waals surface area contributed by atoms with Gasteiger partial charge in [0, 0.05) is 26.4 Å². The van der Waals surface area contributed by atoms with Crippen molar-refractivity contribution >= 4 is 84.7 Å². The van der Waals surface area contributed by atoms with E-state index in [0.29, 0.717) is 0 Å². The fourth-order valence-electron chi connectivity index (χ4n) is 4.57. The lowest BCUT2D eigenvalue weighted by molar-refractivity contribution is 1.36. The van der Waals surface area contributed by atoms with E-state index < -0.39 is 0 Å². The Bertz CT molecular complexity index is 1840. The van der Waals surface area contributed by atoms with E-state index in [0.717, 1.165) is 21.0 Å². The molecule has 3 heterocycles. The summed E-state index contributed by atoms with van der Waals surface area (Å²) in [6.07, 6.45) is 0. The highest BCUT2D eigenvalue weighted by Gasteiger charge is 2.19. The lowest BCUT2D eigenvalue weighted by atomic mass is 9.97. The van der Waals surface area contributed by atoms with Crippen LogP contribution in [0.15, 0.2) is 77.6 Å². The molecule has 0 radical (unpaired) electrons. The van der Waals surface area contributed by atoms with Crippen molar-refractivity contribution in [2.24, 2.45) is 0 Å². The van der Waals surface area contributed by atoms with Crippen molar-refractivity contribution in [1.82, 2.24) is 4.98 Å². The lowest BCUT2D eigenvalue weighted by Gasteiger charge is -2.09. The molecule has 136 valence electrons.